The fourth-order valence-corrected chi connectivity index (χ4v) is 3.26. The molecule has 4 heteroatoms. The fraction of sp³-hybridized carbons (Fsp3) is 0.533. The van der Waals surface area contributed by atoms with Gasteiger partial charge in [-0.05, 0) is 72.9 Å². The zero-order valence-electron chi connectivity index (χ0n) is 11.6. The SMILES string of the molecule is CNCC1CCN(C(=O)c2ccc(C)cc2Br)CC1. The molecule has 0 aliphatic carbocycles. The molecule has 0 saturated carbocycles. The van der Waals surface area contributed by atoms with Crippen LogP contribution < -0.4 is 5.32 Å². The summed E-state index contributed by atoms with van der Waals surface area (Å²) in [6.07, 6.45) is 2.19. The second-order valence-corrected chi connectivity index (χ2v) is 6.13. The smallest absolute Gasteiger partial charge is 0.254 e. The predicted octanol–water partition coefficient (Wildman–Crippen LogP) is 2.83. The summed E-state index contributed by atoms with van der Waals surface area (Å²) in [7, 11) is 1.99. The number of hydrogen-bond donors (Lipinski definition) is 1. The first kappa shape index (κ1) is 14.5. The molecule has 3 nitrogen and oxygen atoms in total. The van der Waals surface area contributed by atoms with Gasteiger partial charge in [-0.3, -0.25) is 4.79 Å². The number of rotatable bonds is 3. The first-order valence-corrected chi connectivity index (χ1v) is 7.61. The van der Waals surface area contributed by atoms with Crippen LogP contribution in [0.25, 0.3) is 0 Å². The van der Waals surface area contributed by atoms with Crippen molar-refractivity contribution in [3.63, 3.8) is 0 Å². The maximum atomic E-state index is 12.5. The summed E-state index contributed by atoms with van der Waals surface area (Å²) in [5.41, 5.74) is 1.94. The van der Waals surface area contributed by atoms with Crippen molar-refractivity contribution >= 4 is 21.8 Å². The summed E-state index contributed by atoms with van der Waals surface area (Å²) in [6.45, 7) is 4.81. The third-order valence-electron chi connectivity index (χ3n) is 3.75. The predicted molar refractivity (Wildman–Crippen MR) is 81.4 cm³/mol. The molecule has 0 unspecified atom stereocenters. The van der Waals surface area contributed by atoms with Crippen LogP contribution in [0.2, 0.25) is 0 Å². The van der Waals surface area contributed by atoms with Crippen molar-refractivity contribution in [3.8, 4) is 0 Å². The lowest BCUT2D eigenvalue weighted by atomic mass is 9.96. The van der Waals surface area contributed by atoms with E-state index in [-0.39, 0.29) is 5.91 Å². The second-order valence-electron chi connectivity index (χ2n) is 5.28. The monoisotopic (exact) mass is 324 g/mol. The summed E-state index contributed by atoms with van der Waals surface area (Å²) in [6, 6.07) is 5.91. The Hall–Kier alpha value is -0.870. The largest absolute Gasteiger partial charge is 0.339 e. The van der Waals surface area contributed by atoms with Crippen LogP contribution in [-0.2, 0) is 0 Å². The third kappa shape index (κ3) is 3.57. The van der Waals surface area contributed by atoms with Gasteiger partial charge < -0.3 is 10.2 Å². The van der Waals surface area contributed by atoms with E-state index in [2.05, 4.69) is 21.2 Å². The molecule has 1 aromatic carbocycles. The molecule has 1 aliphatic heterocycles. The van der Waals surface area contributed by atoms with Gasteiger partial charge in [0.15, 0.2) is 0 Å². The van der Waals surface area contributed by atoms with E-state index in [0.29, 0.717) is 5.92 Å². The number of amides is 1. The Labute approximate surface area is 123 Å². The molecule has 0 bridgehead atoms. The lowest BCUT2D eigenvalue weighted by Crippen LogP contribution is -2.40. The molecule has 0 atom stereocenters. The van der Waals surface area contributed by atoms with Crippen LogP contribution in [-0.4, -0.2) is 37.5 Å². The van der Waals surface area contributed by atoms with E-state index < -0.39 is 0 Å². The van der Waals surface area contributed by atoms with E-state index in [9.17, 15) is 4.79 Å². The number of aryl methyl sites for hydroxylation is 1. The van der Waals surface area contributed by atoms with Crippen molar-refractivity contribution in [3.05, 3.63) is 33.8 Å². The van der Waals surface area contributed by atoms with Gasteiger partial charge in [-0.1, -0.05) is 6.07 Å². The van der Waals surface area contributed by atoms with Gasteiger partial charge in [-0.2, -0.15) is 0 Å². The standard InChI is InChI=1S/C15H21BrN2O/c1-11-3-4-13(14(16)9-11)15(19)18-7-5-12(6-8-18)10-17-2/h3-4,9,12,17H,5-8,10H2,1-2H3. The van der Waals surface area contributed by atoms with Crippen molar-refractivity contribution in [1.29, 1.82) is 0 Å². The highest BCUT2D eigenvalue weighted by Gasteiger charge is 2.24. The van der Waals surface area contributed by atoms with Crippen LogP contribution in [0.15, 0.2) is 22.7 Å². The number of likely N-dealkylation sites (tertiary alicyclic amines) is 1. The van der Waals surface area contributed by atoms with E-state index in [1.165, 1.54) is 0 Å². The molecule has 1 aromatic rings. The molecule has 0 spiro atoms. The minimum atomic E-state index is 0.148. The third-order valence-corrected chi connectivity index (χ3v) is 4.41. The molecule has 1 N–H and O–H groups in total. The normalized spacial score (nSPS) is 16.7. The maximum Gasteiger partial charge on any atom is 0.254 e. The highest BCUT2D eigenvalue weighted by molar-refractivity contribution is 9.10. The Morgan fingerprint density at radius 1 is 1.42 bits per heavy atom. The van der Waals surface area contributed by atoms with E-state index in [0.717, 1.165) is 48.1 Å². The Kier molecular flexibility index (Phi) is 4.99. The van der Waals surface area contributed by atoms with Gasteiger partial charge in [0, 0.05) is 17.6 Å². The summed E-state index contributed by atoms with van der Waals surface area (Å²) in [5.74, 6) is 0.852. The average Bonchev–Trinajstić information content (AvgIpc) is 2.39. The van der Waals surface area contributed by atoms with E-state index >= 15 is 0 Å². The van der Waals surface area contributed by atoms with Gasteiger partial charge in [-0.15, -0.1) is 0 Å². The summed E-state index contributed by atoms with van der Waals surface area (Å²) >= 11 is 3.49. The lowest BCUT2D eigenvalue weighted by Gasteiger charge is -2.32. The van der Waals surface area contributed by atoms with Crippen LogP contribution in [0.3, 0.4) is 0 Å². The first-order valence-electron chi connectivity index (χ1n) is 6.82. The zero-order valence-corrected chi connectivity index (χ0v) is 13.2. The average molecular weight is 325 g/mol. The molecular formula is C15H21BrN2O. The first-order chi connectivity index (χ1) is 9.11. The van der Waals surface area contributed by atoms with Crippen LogP contribution >= 0.6 is 15.9 Å². The van der Waals surface area contributed by atoms with E-state index in [4.69, 9.17) is 0 Å². The highest BCUT2D eigenvalue weighted by atomic mass is 79.9. The quantitative estimate of drug-likeness (QED) is 0.927. The number of benzene rings is 1. The second kappa shape index (κ2) is 6.53. The number of nitrogens with zero attached hydrogens (tertiary/aromatic N) is 1. The van der Waals surface area contributed by atoms with Gasteiger partial charge in [0.05, 0.1) is 5.56 Å². The van der Waals surface area contributed by atoms with Crippen LogP contribution in [0.1, 0.15) is 28.8 Å². The topological polar surface area (TPSA) is 32.3 Å². The Balaban J connectivity index is 2.01. The van der Waals surface area contributed by atoms with E-state index in [1.807, 2.05) is 37.1 Å². The highest BCUT2D eigenvalue weighted by Crippen LogP contribution is 2.23. The molecule has 2 rings (SSSR count). The van der Waals surface area contributed by atoms with Crippen molar-refractivity contribution < 1.29 is 4.79 Å². The summed E-state index contributed by atoms with van der Waals surface area (Å²) < 4.78 is 0.898. The number of nitrogens with one attached hydrogen (secondary N) is 1. The minimum absolute atomic E-state index is 0.148. The van der Waals surface area contributed by atoms with Crippen LogP contribution in [0.4, 0.5) is 0 Å². The molecule has 19 heavy (non-hydrogen) atoms. The van der Waals surface area contributed by atoms with Gasteiger partial charge in [0.1, 0.15) is 0 Å². The Bertz CT molecular complexity index is 453. The number of hydrogen-bond acceptors (Lipinski definition) is 2. The maximum absolute atomic E-state index is 12.5. The van der Waals surface area contributed by atoms with Gasteiger partial charge >= 0.3 is 0 Å². The van der Waals surface area contributed by atoms with Crippen molar-refractivity contribution in [2.45, 2.75) is 19.8 Å². The van der Waals surface area contributed by atoms with Crippen molar-refractivity contribution in [2.24, 2.45) is 5.92 Å². The number of carbonyl (C=O) groups excluding carboxylic acids is 1. The number of carbonyl (C=O) groups is 1. The minimum Gasteiger partial charge on any atom is -0.339 e. The van der Waals surface area contributed by atoms with E-state index in [1.54, 1.807) is 0 Å². The zero-order chi connectivity index (χ0) is 13.8. The molecule has 0 aromatic heterocycles. The molecule has 1 amide bonds. The van der Waals surface area contributed by atoms with Gasteiger partial charge in [0.2, 0.25) is 0 Å². The number of piperidine rings is 1. The van der Waals surface area contributed by atoms with Gasteiger partial charge in [0.25, 0.3) is 5.91 Å². The molecule has 1 saturated heterocycles. The Morgan fingerprint density at radius 2 is 2.11 bits per heavy atom. The van der Waals surface area contributed by atoms with Crippen molar-refractivity contribution in [2.75, 3.05) is 26.7 Å². The van der Waals surface area contributed by atoms with Crippen LogP contribution in [0.5, 0.6) is 0 Å². The molecule has 1 fully saturated rings. The molecule has 104 valence electrons. The molecule has 1 aliphatic rings. The van der Waals surface area contributed by atoms with Crippen molar-refractivity contribution in [1.82, 2.24) is 10.2 Å². The molecular weight excluding hydrogens is 304 g/mol. The molecule has 1 heterocycles. The Morgan fingerprint density at radius 3 is 2.68 bits per heavy atom. The fourth-order valence-electron chi connectivity index (χ4n) is 2.59. The summed E-state index contributed by atoms with van der Waals surface area (Å²) in [5, 5.41) is 3.22. The number of halogens is 1. The molecule has 0 radical (unpaired) electrons. The summed E-state index contributed by atoms with van der Waals surface area (Å²) in [4.78, 5) is 14.5. The lowest BCUT2D eigenvalue weighted by molar-refractivity contribution is 0.0690. The van der Waals surface area contributed by atoms with Crippen LogP contribution in [0, 0.1) is 12.8 Å². The van der Waals surface area contributed by atoms with Gasteiger partial charge in [-0.25, -0.2) is 0 Å².